The standard InChI is InChI=1S/C22H31FO2/c1-3-16-12-13-20(14-21(16)23)25-22(24)19-10-8-18(9-11-19)17-6-4-15(2)5-7-17/h12-15,17-19H,3-11H2,1-2H3. The Morgan fingerprint density at radius 1 is 1.04 bits per heavy atom. The van der Waals surface area contributed by atoms with Crippen molar-refractivity contribution in [1.29, 1.82) is 0 Å². The second-order valence-corrected chi connectivity index (χ2v) is 8.16. The molecule has 3 rings (SSSR count). The van der Waals surface area contributed by atoms with Gasteiger partial charge >= 0.3 is 5.97 Å². The maximum absolute atomic E-state index is 13.8. The lowest BCUT2D eigenvalue weighted by Crippen LogP contribution is -2.29. The minimum absolute atomic E-state index is 0.0207. The molecule has 0 N–H and O–H groups in total. The first-order chi connectivity index (χ1) is 12.1. The van der Waals surface area contributed by atoms with Crippen LogP contribution < -0.4 is 4.74 Å². The number of carbonyl (C=O) groups is 1. The van der Waals surface area contributed by atoms with Gasteiger partial charge in [0.05, 0.1) is 5.92 Å². The Morgan fingerprint density at radius 3 is 2.20 bits per heavy atom. The quantitative estimate of drug-likeness (QED) is 0.499. The molecule has 1 aromatic rings. The van der Waals surface area contributed by atoms with Crippen molar-refractivity contribution in [3.8, 4) is 5.75 Å². The summed E-state index contributed by atoms with van der Waals surface area (Å²) in [6, 6.07) is 4.75. The first-order valence-corrected chi connectivity index (χ1v) is 10.1. The van der Waals surface area contributed by atoms with Crippen LogP contribution in [-0.2, 0) is 11.2 Å². The van der Waals surface area contributed by atoms with Gasteiger partial charge in [-0.05, 0) is 74.3 Å². The molecule has 0 bridgehead atoms. The number of carbonyl (C=O) groups excluding carboxylic acids is 1. The first-order valence-electron chi connectivity index (χ1n) is 10.1. The number of halogens is 1. The summed E-state index contributed by atoms with van der Waals surface area (Å²) < 4.78 is 19.3. The zero-order valence-corrected chi connectivity index (χ0v) is 15.6. The lowest BCUT2D eigenvalue weighted by atomic mass is 9.69. The molecule has 3 heteroatoms. The first kappa shape index (κ1) is 18.4. The van der Waals surface area contributed by atoms with E-state index in [1.165, 1.54) is 31.7 Å². The average molecular weight is 346 g/mol. The van der Waals surface area contributed by atoms with E-state index < -0.39 is 0 Å². The summed E-state index contributed by atoms with van der Waals surface area (Å²) in [6.45, 7) is 4.27. The van der Waals surface area contributed by atoms with E-state index in [0.717, 1.165) is 43.4 Å². The molecule has 2 aliphatic carbocycles. The van der Waals surface area contributed by atoms with Crippen LogP contribution in [0.15, 0.2) is 18.2 Å². The van der Waals surface area contributed by atoms with E-state index in [0.29, 0.717) is 17.7 Å². The van der Waals surface area contributed by atoms with Crippen LogP contribution in [0.5, 0.6) is 5.75 Å². The molecule has 2 nitrogen and oxygen atoms in total. The Labute approximate surface area is 151 Å². The van der Waals surface area contributed by atoms with E-state index in [-0.39, 0.29) is 17.7 Å². The highest BCUT2D eigenvalue weighted by atomic mass is 19.1. The molecule has 0 aliphatic heterocycles. The third kappa shape index (κ3) is 4.62. The third-order valence-corrected chi connectivity index (χ3v) is 6.46. The molecule has 0 saturated heterocycles. The molecular weight excluding hydrogens is 315 g/mol. The summed E-state index contributed by atoms with van der Waals surface area (Å²) in [6.07, 6.45) is 10.2. The van der Waals surface area contributed by atoms with Gasteiger partial charge in [0.1, 0.15) is 11.6 Å². The molecule has 0 aromatic heterocycles. The summed E-state index contributed by atoms with van der Waals surface area (Å²) in [5, 5.41) is 0. The topological polar surface area (TPSA) is 26.3 Å². The molecule has 2 aliphatic rings. The van der Waals surface area contributed by atoms with Crippen LogP contribution in [0.25, 0.3) is 0 Å². The van der Waals surface area contributed by atoms with Crippen molar-refractivity contribution >= 4 is 5.97 Å². The molecule has 0 amide bonds. The number of esters is 1. The summed E-state index contributed by atoms with van der Waals surface area (Å²) in [5.41, 5.74) is 0.655. The van der Waals surface area contributed by atoms with E-state index in [1.54, 1.807) is 12.1 Å². The van der Waals surface area contributed by atoms with E-state index in [1.807, 2.05) is 6.92 Å². The van der Waals surface area contributed by atoms with Crippen LogP contribution in [-0.4, -0.2) is 5.97 Å². The van der Waals surface area contributed by atoms with Crippen LogP contribution in [0.3, 0.4) is 0 Å². The molecule has 2 fully saturated rings. The highest BCUT2D eigenvalue weighted by Gasteiger charge is 2.33. The predicted molar refractivity (Wildman–Crippen MR) is 98.0 cm³/mol. The van der Waals surface area contributed by atoms with Gasteiger partial charge < -0.3 is 4.74 Å². The van der Waals surface area contributed by atoms with Crippen LogP contribution >= 0.6 is 0 Å². The number of ether oxygens (including phenoxy) is 1. The lowest BCUT2D eigenvalue weighted by Gasteiger charge is -2.36. The van der Waals surface area contributed by atoms with Crippen molar-refractivity contribution in [3.63, 3.8) is 0 Å². The number of hydrogen-bond donors (Lipinski definition) is 0. The van der Waals surface area contributed by atoms with Crippen molar-refractivity contribution in [3.05, 3.63) is 29.6 Å². The van der Waals surface area contributed by atoms with Gasteiger partial charge in [-0.3, -0.25) is 4.79 Å². The van der Waals surface area contributed by atoms with Gasteiger partial charge in [0.25, 0.3) is 0 Å². The Bertz CT molecular complexity index is 582. The van der Waals surface area contributed by atoms with E-state index in [2.05, 4.69) is 6.92 Å². The second-order valence-electron chi connectivity index (χ2n) is 8.16. The summed E-state index contributed by atoms with van der Waals surface area (Å²) in [7, 11) is 0. The summed E-state index contributed by atoms with van der Waals surface area (Å²) in [5.74, 6) is 2.39. The molecule has 2 saturated carbocycles. The van der Waals surface area contributed by atoms with Gasteiger partial charge in [0.15, 0.2) is 0 Å². The fourth-order valence-corrected chi connectivity index (χ4v) is 4.66. The van der Waals surface area contributed by atoms with Gasteiger partial charge in [-0.25, -0.2) is 4.39 Å². The van der Waals surface area contributed by atoms with Gasteiger partial charge in [0, 0.05) is 6.07 Å². The minimum atomic E-state index is -0.289. The Hall–Kier alpha value is -1.38. The van der Waals surface area contributed by atoms with Crippen molar-refractivity contribution in [2.75, 3.05) is 0 Å². The monoisotopic (exact) mass is 346 g/mol. The predicted octanol–water partition coefficient (Wildman–Crippen LogP) is 5.93. The minimum Gasteiger partial charge on any atom is -0.426 e. The largest absolute Gasteiger partial charge is 0.426 e. The van der Waals surface area contributed by atoms with Gasteiger partial charge in [0.2, 0.25) is 0 Å². The van der Waals surface area contributed by atoms with Crippen molar-refractivity contribution in [2.45, 2.75) is 71.6 Å². The van der Waals surface area contributed by atoms with Gasteiger partial charge in [-0.1, -0.05) is 32.8 Å². The molecule has 25 heavy (non-hydrogen) atoms. The third-order valence-electron chi connectivity index (χ3n) is 6.46. The molecule has 138 valence electrons. The molecule has 0 atom stereocenters. The van der Waals surface area contributed by atoms with E-state index in [9.17, 15) is 9.18 Å². The Balaban J connectivity index is 1.49. The van der Waals surface area contributed by atoms with Gasteiger partial charge in [-0.2, -0.15) is 0 Å². The Kier molecular flexibility index (Phi) is 6.14. The average Bonchev–Trinajstić information content (AvgIpc) is 2.63. The summed E-state index contributed by atoms with van der Waals surface area (Å²) in [4.78, 5) is 12.4. The van der Waals surface area contributed by atoms with Crippen LogP contribution in [0, 0.1) is 29.5 Å². The SMILES string of the molecule is CCc1ccc(OC(=O)C2CCC(C3CCC(C)CC3)CC2)cc1F. The fourth-order valence-electron chi connectivity index (χ4n) is 4.66. The number of rotatable bonds is 4. The van der Waals surface area contributed by atoms with Crippen molar-refractivity contribution in [2.24, 2.45) is 23.7 Å². The van der Waals surface area contributed by atoms with Crippen molar-refractivity contribution in [1.82, 2.24) is 0 Å². The molecule has 0 unspecified atom stereocenters. The number of hydrogen-bond acceptors (Lipinski definition) is 2. The Morgan fingerprint density at radius 2 is 1.64 bits per heavy atom. The smallest absolute Gasteiger partial charge is 0.314 e. The molecule has 0 spiro atoms. The highest BCUT2D eigenvalue weighted by Crippen LogP contribution is 2.41. The fraction of sp³-hybridized carbons (Fsp3) is 0.682. The highest BCUT2D eigenvalue weighted by molar-refractivity contribution is 5.75. The van der Waals surface area contributed by atoms with Crippen molar-refractivity contribution < 1.29 is 13.9 Å². The second kappa shape index (κ2) is 8.33. The van der Waals surface area contributed by atoms with Crippen LogP contribution in [0.2, 0.25) is 0 Å². The molecular formula is C22H31FO2. The van der Waals surface area contributed by atoms with Gasteiger partial charge in [-0.15, -0.1) is 0 Å². The maximum Gasteiger partial charge on any atom is 0.314 e. The molecule has 1 aromatic carbocycles. The summed E-state index contributed by atoms with van der Waals surface area (Å²) >= 11 is 0. The zero-order valence-electron chi connectivity index (χ0n) is 15.6. The van der Waals surface area contributed by atoms with Crippen LogP contribution in [0.1, 0.15) is 70.8 Å². The molecule has 0 heterocycles. The lowest BCUT2D eigenvalue weighted by molar-refractivity contribution is -0.140. The number of benzene rings is 1. The maximum atomic E-state index is 13.8. The normalized spacial score (nSPS) is 30.0. The van der Waals surface area contributed by atoms with E-state index in [4.69, 9.17) is 4.74 Å². The number of aryl methyl sites for hydroxylation is 1. The zero-order chi connectivity index (χ0) is 17.8. The molecule has 0 radical (unpaired) electrons. The van der Waals surface area contributed by atoms with E-state index >= 15 is 0 Å². The van der Waals surface area contributed by atoms with Crippen LogP contribution in [0.4, 0.5) is 4.39 Å².